The molecule has 0 aliphatic carbocycles. The van der Waals surface area contributed by atoms with Gasteiger partial charge in [0.25, 0.3) is 5.91 Å². The summed E-state index contributed by atoms with van der Waals surface area (Å²) in [5.41, 5.74) is 0. The molecule has 2 aromatic heterocycles. The van der Waals surface area contributed by atoms with Gasteiger partial charge in [0.05, 0.1) is 0 Å². The molecule has 0 aliphatic heterocycles. The standard InChI is InChI=1S/C9H12N6O/c1-6-13-8(15-14-6)9(16)12-3-2-7-10-4-5-11-7/h4-5H,2-3H2,1H3,(H,10,11)(H,12,16)(H,13,14,15). The van der Waals surface area contributed by atoms with Crippen molar-refractivity contribution in [3.05, 3.63) is 29.9 Å². The number of hydrogen-bond acceptors (Lipinski definition) is 4. The van der Waals surface area contributed by atoms with E-state index in [1.54, 1.807) is 19.3 Å². The summed E-state index contributed by atoms with van der Waals surface area (Å²) in [5, 5.41) is 9.08. The molecule has 0 fully saturated rings. The van der Waals surface area contributed by atoms with Crippen LogP contribution < -0.4 is 5.32 Å². The van der Waals surface area contributed by atoms with Crippen molar-refractivity contribution in [2.24, 2.45) is 0 Å². The molecule has 2 rings (SSSR count). The summed E-state index contributed by atoms with van der Waals surface area (Å²) < 4.78 is 0. The second-order valence-electron chi connectivity index (χ2n) is 3.29. The Kier molecular flexibility index (Phi) is 2.95. The first kappa shape index (κ1) is 10.3. The summed E-state index contributed by atoms with van der Waals surface area (Å²) in [6, 6.07) is 0. The number of nitrogens with zero attached hydrogens (tertiary/aromatic N) is 3. The van der Waals surface area contributed by atoms with Crippen molar-refractivity contribution in [1.29, 1.82) is 0 Å². The number of H-pyrrole nitrogens is 2. The number of aryl methyl sites for hydroxylation is 1. The van der Waals surface area contributed by atoms with Crippen LogP contribution in [0.25, 0.3) is 0 Å². The number of carbonyl (C=O) groups excluding carboxylic acids is 1. The Morgan fingerprint density at radius 2 is 2.44 bits per heavy atom. The van der Waals surface area contributed by atoms with Gasteiger partial charge in [0.15, 0.2) is 0 Å². The molecule has 0 aliphatic rings. The van der Waals surface area contributed by atoms with E-state index in [4.69, 9.17) is 0 Å². The second-order valence-corrected chi connectivity index (χ2v) is 3.29. The zero-order valence-electron chi connectivity index (χ0n) is 8.82. The molecule has 0 unspecified atom stereocenters. The molecule has 0 saturated carbocycles. The maximum atomic E-state index is 11.5. The highest BCUT2D eigenvalue weighted by Crippen LogP contribution is 1.92. The quantitative estimate of drug-likeness (QED) is 0.664. The second kappa shape index (κ2) is 4.56. The molecule has 84 valence electrons. The van der Waals surface area contributed by atoms with Gasteiger partial charge in [-0.3, -0.25) is 9.89 Å². The lowest BCUT2D eigenvalue weighted by atomic mass is 10.4. The summed E-state index contributed by atoms with van der Waals surface area (Å²) in [6.45, 7) is 2.24. The molecule has 3 N–H and O–H groups in total. The lowest BCUT2D eigenvalue weighted by molar-refractivity contribution is 0.0944. The summed E-state index contributed by atoms with van der Waals surface area (Å²) in [4.78, 5) is 22.4. The van der Waals surface area contributed by atoms with Crippen molar-refractivity contribution in [3.63, 3.8) is 0 Å². The fraction of sp³-hybridized carbons (Fsp3) is 0.333. The van der Waals surface area contributed by atoms with Crippen LogP contribution in [-0.2, 0) is 6.42 Å². The van der Waals surface area contributed by atoms with Gasteiger partial charge in [0.1, 0.15) is 11.6 Å². The van der Waals surface area contributed by atoms with E-state index in [1.165, 1.54) is 0 Å². The van der Waals surface area contributed by atoms with Crippen molar-refractivity contribution in [3.8, 4) is 0 Å². The van der Waals surface area contributed by atoms with Crippen molar-refractivity contribution in [2.75, 3.05) is 6.54 Å². The largest absolute Gasteiger partial charge is 0.349 e. The first-order valence-corrected chi connectivity index (χ1v) is 4.91. The number of rotatable bonds is 4. The molecule has 7 heteroatoms. The van der Waals surface area contributed by atoms with Crippen LogP contribution in [0.2, 0.25) is 0 Å². The lowest BCUT2D eigenvalue weighted by Gasteiger charge is -1.99. The van der Waals surface area contributed by atoms with Gasteiger partial charge in [-0.2, -0.15) is 0 Å². The predicted octanol–water partition coefficient (Wildman–Crippen LogP) is -0.191. The van der Waals surface area contributed by atoms with Crippen LogP contribution in [0.15, 0.2) is 12.4 Å². The van der Waals surface area contributed by atoms with Gasteiger partial charge in [0, 0.05) is 25.4 Å². The number of amides is 1. The number of aromatic amines is 2. The molecule has 1 amide bonds. The van der Waals surface area contributed by atoms with Crippen LogP contribution in [0, 0.1) is 6.92 Å². The first-order chi connectivity index (χ1) is 7.75. The zero-order valence-corrected chi connectivity index (χ0v) is 8.82. The molecular weight excluding hydrogens is 208 g/mol. The number of aromatic nitrogens is 5. The van der Waals surface area contributed by atoms with Crippen LogP contribution in [0.5, 0.6) is 0 Å². The van der Waals surface area contributed by atoms with Crippen LogP contribution in [0.1, 0.15) is 22.3 Å². The third kappa shape index (κ3) is 2.44. The zero-order chi connectivity index (χ0) is 11.4. The molecule has 16 heavy (non-hydrogen) atoms. The van der Waals surface area contributed by atoms with Gasteiger partial charge >= 0.3 is 0 Å². The number of hydrogen-bond donors (Lipinski definition) is 3. The monoisotopic (exact) mass is 220 g/mol. The van der Waals surface area contributed by atoms with Gasteiger partial charge in [-0.1, -0.05) is 0 Å². The minimum absolute atomic E-state index is 0.164. The van der Waals surface area contributed by atoms with Crippen molar-refractivity contribution in [1.82, 2.24) is 30.5 Å². The van der Waals surface area contributed by atoms with Gasteiger partial charge in [0.2, 0.25) is 5.82 Å². The molecule has 0 radical (unpaired) electrons. The van der Waals surface area contributed by atoms with E-state index >= 15 is 0 Å². The molecule has 0 bridgehead atoms. The molecule has 2 heterocycles. The Hall–Kier alpha value is -2.18. The van der Waals surface area contributed by atoms with E-state index in [0.29, 0.717) is 18.8 Å². The van der Waals surface area contributed by atoms with E-state index in [2.05, 4.69) is 30.5 Å². The van der Waals surface area contributed by atoms with Gasteiger partial charge < -0.3 is 10.3 Å². The van der Waals surface area contributed by atoms with Crippen molar-refractivity contribution in [2.45, 2.75) is 13.3 Å². The maximum absolute atomic E-state index is 11.5. The van der Waals surface area contributed by atoms with Gasteiger partial charge in [-0.25, -0.2) is 9.97 Å². The summed E-state index contributed by atoms with van der Waals surface area (Å²) in [6.07, 6.45) is 4.08. The van der Waals surface area contributed by atoms with E-state index in [1.807, 2.05) is 0 Å². The summed E-state index contributed by atoms with van der Waals surface area (Å²) in [7, 11) is 0. The molecular formula is C9H12N6O. The molecule has 0 atom stereocenters. The van der Waals surface area contributed by atoms with Crippen LogP contribution in [-0.4, -0.2) is 37.6 Å². The number of imidazole rings is 1. The molecule has 2 aromatic rings. The highest BCUT2D eigenvalue weighted by atomic mass is 16.2. The Labute approximate surface area is 91.7 Å². The Bertz CT molecular complexity index is 460. The normalized spacial score (nSPS) is 10.3. The van der Waals surface area contributed by atoms with E-state index < -0.39 is 0 Å². The summed E-state index contributed by atoms with van der Waals surface area (Å²) >= 11 is 0. The lowest BCUT2D eigenvalue weighted by Crippen LogP contribution is -2.27. The Morgan fingerprint density at radius 1 is 1.56 bits per heavy atom. The maximum Gasteiger partial charge on any atom is 0.290 e. The van der Waals surface area contributed by atoms with Crippen LogP contribution in [0.4, 0.5) is 0 Å². The fourth-order valence-corrected chi connectivity index (χ4v) is 1.25. The molecule has 7 nitrogen and oxygen atoms in total. The average Bonchev–Trinajstić information content (AvgIpc) is 2.89. The van der Waals surface area contributed by atoms with Crippen molar-refractivity contribution >= 4 is 5.91 Å². The Balaban J connectivity index is 1.80. The summed E-state index contributed by atoms with van der Waals surface area (Å²) in [5.74, 6) is 1.34. The topological polar surface area (TPSA) is 99.3 Å². The molecule has 0 saturated heterocycles. The van der Waals surface area contributed by atoms with E-state index in [0.717, 1.165) is 5.82 Å². The Morgan fingerprint density at radius 3 is 3.06 bits per heavy atom. The highest BCUT2D eigenvalue weighted by molar-refractivity contribution is 5.90. The third-order valence-corrected chi connectivity index (χ3v) is 2.00. The van der Waals surface area contributed by atoms with Gasteiger partial charge in [-0.15, -0.1) is 5.10 Å². The average molecular weight is 220 g/mol. The smallest absolute Gasteiger partial charge is 0.290 e. The minimum Gasteiger partial charge on any atom is -0.349 e. The minimum atomic E-state index is -0.282. The highest BCUT2D eigenvalue weighted by Gasteiger charge is 2.09. The molecule has 0 spiro atoms. The molecule has 0 aromatic carbocycles. The van der Waals surface area contributed by atoms with Crippen LogP contribution >= 0.6 is 0 Å². The van der Waals surface area contributed by atoms with Gasteiger partial charge in [-0.05, 0) is 6.92 Å². The number of carbonyl (C=O) groups is 1. The SMILES string of the molecule is Cc1nc(C(=O)NCCc2ncc[nH]2)n[nH]1. The third-order valence-electron chi connectivity index (χ3n) is 2.00. The fourth-order valence-electron chi connectivity index (χ4n) is 1.25. The predicted molar refractivity (Wildman–Crippen MR) is 55.7 cm³/mol. The van der Waals surface area contributed by atoms with E-state index in [9.17, 15) is 4.79 Å². The van der Waals surface area contributed by atoms with E-state index in [-0.39, 0.29) is 11.7 Å². The first-order valence-electron chi connectivity index (χ1n) is 4.91. The van der Waals surface area contributed by atoms with Crippen molar-refractivity contribution < 1.29 is 4.79 Å². The van der Waals surface area contributed by atoms with Crippen LogP contribution in [0.3, 0.4) is 0 Å². The number of nitrogens with one attached hydrogen (secondary N) is 3.